The average molecular weight is 423 g/mol. The lowest BCUT2D eigenvalue weighted by atomic mass is 10.1. The fraction of sp³-hybridized carbons (Fsp3) is 0. The van der Waals surface area contributed by atoms with Crippen LogP contribution >= 0.6 is 0 Å². The van der Waals surface area contributed by atoms with Gasteiger partial charge in [0.25, 0.3) is 20.2 Å². The van der Waals surface area contributed by atoms with Crippen molar-refractivity contribution >= 4 is 48.1 Å². The third kappa shape index (κ3) is 3.66. The first-order valence-electron chi connectivity index (χ1n) is 7.50. The highest BCUT2D eigenvalue weighted by Crippen LogP contribution is 2.41. The predicted octanol–water partition coefficient (Wildman–Crippen LogP) is 3.04. The third-order valence-electron chi connectivity index (χ3n) is 3.81. The second-order valence-corrected chi connectivity index (χ2v) is 8.40. The first-order valence-corrected chi connectivity index (χ1v) is 10.4. The van der Waals surface area contributed by atoms with Crippen LogP contribution in [0.2, 0.25) is 0 Å². The van der Waals surface area contributed by atoms with Crippen LogP contribution in [0.25, 0.3) is 10.8 Å². The van der Waals surface area contributed by atoms with Crippen LogP contribution in [-0.4, -0.2) is 31.0 Å². The summed E-state index contributed by atoms with van der Waals surface area (Å²) in [5, 5.41) is 17.4. The van der Waals surface area contributed by atoms with E-state index in [9.17, 15) is 31.0 Å². The molecule has 0 unspecified atom stereocenters. The molecule has 0 aliphatic carbocycles. The lowest BCUT2D eigenvalue weighted by Crippen LogP contribution is -2.01. The molecule has 10 nitrogen and oxygen atoms in total. The third-order valence-corrected chi connectivity index (χ3v) is 5.60. The van der Waals surface area contributed by atoms with Crippen LogP contribution in [0.15, 0.2) is 68.6 Å². The molecule has 0 heterocycles. The molecule has 0 aliphatic heterocycles. The first-order chi connectivity index (χ1) is 13.0. The van der Waals surface area contributed by atoms with E-state index in [1.165, 1.54) is 36.4 Å². The Labute approximate surface area is 159 Å². The zero-order valence-electron chi connectivity index (χ0n) is 13.9. The van der Waals surface area contributed by atoms with E-state index in [1.807, 2.05) is 0 Å². The number of azo groups is 1. The van der Waals surface area contributed by atoms with Gasteiger partial charge in [-0.1, -0.05) is 24.3 Å². The van der Waals surface area contributed by atoms with E-state index < -0.39 is 30.0 Å². The number of nitrogens with two attached hydrogens (primary N) is 1. The maximum absolute atomic E-state index is 11.7. The monoisotopic (exact) mass is 423 g/mol. The number of aromatic hydroxyl groups is 1. The molecule has 146 valence electrons. The second kappa shape index (κ2) is 6.83. The fourth-order valence-corrected chi connectivity index (χ4v) is 3.93. The van der Waals surface area contributed by atoms with Gasteiger partial charge >= 0.3 is 0 Å². The number of phenolic OH excluding ortho intramolecular Hbond substituents is 1. The molecule has 0 saturated heterocycles. The van der Waals surface area contributed by atoms with E-state index >= 15 is 0 Å². The fourth-order valence-electron chi connectivity index (χ4n) is 2.60. The lowest BCUT2D eigenvalue weighted by molar-refractivity contribution is 0.480. The Morgan fingerprint density at radius 2 is 1.39 bits per heavy atom. The number of nitrogen functional groups attached to an aromatic ring is 1. The second-order valence-electron chi connectivity index (χ2n) is 5.63. The van der Waals surface area contributed by atoms with Crippen molar-refractivity contribution in [2.24, 2.45) is 10.2 Å². The van der Waals surface area contributed by atoms with Crippen LogP contribution in [0.1, 0.15) is 0 Å². The molecule has 0 radical (unpaired) electrons. The number of rotatable bonds is 4. The van der Waals surface area contributed by atoms with Crippen LogP contribution in [-0.2, 0) is 20.2 Å². The van der Waals surface area contributed by atoms with Crippen LogP contribution in [0, 0.1) is 0 Å². The molecule has 0 atom stereocenters. The summed E-state index contributed by atoms with van der Waals surface area (Å²) in [5.74, 6) is -0.352. The molecule has 3 rings (SSSR count). The molecule has 0 spiro atoms. The molecule has 5 N–H and O–H groups in total. The molecule has 0 bridgehead atoms. The highest BCUT2D eigenvalue weighted by molar-refractivity contribution is 7.86. The minimum absolute atomic E-state index is 0.0303. The maximum atomic E-state index is 11.7. The van der Waals surface area contributed by atoms with Gasteiger partial charge in [-0.05, 0) is 24.3 Å². The number of benzene rings is 3. The zero-order valence-corrected chi connectivity index (χ0v) is 15.5. The van der Waals surface area contributed by atoms with Crippen molar-refractivity contribution in [1.82, 2.24) is 0 Å². The van der Waals surface area contributed by atoms with Gasteiger partial charge in [0.1, 0.15) is 26.9 Å². The summed E-state index contributed by atoms with van der Waals surface area (Å²) in [6.07, 6.45) is 0. The van der Waals surface area contributed by atoms with E-state index in [4.69, 9.17) is 5.73 Å². The predicted molar refractivity (Wildman–Crippen MR) is 100 cm³/mol. The largest absolute Gasteiger partial charge is 0.507 e. The first kappa shape index (κ1) is 19.7. The Bertz CT molecular complexity index is 1330. The number of hydrogen-bond donors (Lipinski definition) is 4. The summed E-state index contributed by atoms with van der Waals surface area (Å²) in [5.41, 5.74) is 5.35. The maximum Gasteiger partial charge on any atom is 0.296 e. The summed E-state index contributed by atoms with van der Waals surface area (Å²) in [7, 11) is -9.29. The Balaban J connectivity index is 2.28. The van der Waals surface area contributed by atoms with Gasteiger partial charge in [0.05, 0.1) is 11.1 Å². The quantitative estimate of drug-likeness (QED) is 0.281. The molecule has 3 aromatic carbocycles. The van der Waals surface area contributed by atoms with Crippen LogP contribution < -0.4 is 5.73 Å². The average Bonchev–Trinajstić information content (AvgIpc) is 2.59. The van der Waals surface area contributed by atoms with Crippen molar-refractivity contribution in [1.29, 1.82) is 0 Å². The Morgan fingerprint density at radius 1 is 0.786 bits per heavy atom. The molecule has 0 amide bonds. The standard InChI is InChI=1S/C16H13N3O7S2/c17-16-11(19-18-10-5-1-2-7-13(10)27(21,22)23)8-14(28(24,25)26)9-4-3-6-12(20)15(9)16/h1-8,20H,17H2,(H,21,22,23)(H,24,25,26). The molecular formula is C16H13N3O7S2. The van der Waals surface area contributed by atoms with Crippen LogP contribution in [0.4, 0.5) is 17.1 Å². The van der Waals surface area contributed by atoms with Crippen LogP contribution in [0.3, 0.4) is 0 Å². The minimum atomic E-state index is -4.70. The Hall–Kier alpha value is -3.06. The summed E-state index contributed by atoms with van der Waals surface area (Å²) in [6.45, 7) is 0. The molecule has 0 fully saturated rings. The van der Waals surface area contributed by atoms with Crippen molar-refractivity contribution in [3.8, 4) is 5.75 Å². The van der Waals surface area contributed by atoms with Gasteiger partial charge in [-0.25, -0.2) is 0 Å². The normalized spacial score (nSPS) is 12.6. The Kier molecular flexibility index (Phi) is 4.81. The van der Waals surface area contributed by atoms with Crippen molar-refractivity contribution in [2.45, 2.75) is 9.79 Å². The molecular weight excluding hydrogens is 410 g/mol. The van der Waals surface area contributed by atoms with Crippen LogP contribution in [0.5, 0.6) is 5.75 Å². The summed E-state index contributed by atoms with van der Waals surface area (Å²) in [4.78, 5) is -1.08. The highest BCUT2D eigenvalue weighted by atomic mass is 32.2. The van der Waals surface area contributed by atoms with E-state index in [-0.39, 0.29) is 33.6 Å². The van der Waals surface area contributed by atoms with E-state index in [0.717, 1.165) is 12.1 Å². The molecule has 28 heavy (non-hydrogen) atoms. The number of nitrogens with zero attached hydrogens (tertiary/aromatic N) is 2. The Morgan fingerprint density at radius 3 is 2.04 bits per heavy atom. The molecule has 12 heteroatoms. The van der Waals surface area contributed by atoms with Crippen molar-refractivity contribution in [2.75, 3.05) is 5.73 Å². The van der Waals surface area contributed by atoms with Gasteiger partial charge in [0.2, 0.25) is 0 Å². The number of anilines is 1. The van der Waals surface area contributed by atoms with E-state index in [1.54, 1.807) is 0 Å². The van der Waals surface area contributed by atoms with Gasteiger partial charge < -0.3 is 10.8 Å². The molecule has 0 aliphatic rings. The van der Waals surface area contributed by atoms with E-state index in [0.29, 0.717) is 0 Å². The number of phenols is 1. The van der Waals surface area contributed by atoms with Crippen molar-refractivity contribution < 1.29 is 31.0 Å². The van der Waals surface area contributed by atoms with Gasteiger partial charge in [-0.3, -0.25) is 9.11 Å². The summed E-state index contributed by atoms with van der Waals surface area (Å²) < 4.78 is 65.0. The molecule has 0 saturated carbocycles. The molecule has 3 aromatic rings. The van der Waals surface area contributed by atoms with Crippen molar-refractivity contribution in [3.05, 3.63) is 48.5 Å². The van der Waals surface area contributed by atoms with Gasteiger partial charge in [-0.2, -0.15) is 16.8 Å². The van der Waals surface area contributed by atoms with Gasteiger partial charge in [0, 0.05) is 5.39 Å². The van der Waals surface area contributed by atoms with Crippen molar-refractivity contribution in [3.63, 3.8) is 0 Å². The summed E-state index contributed by atoms with van der Waals surface area (Å²) >= 11 is 0. The van der Waals surface area contributed by atoms with Gasteiger partial charge in [0.15, 0.2) is 0 Å². The molecule has 0 aromatic heterocycles. The van der Waals surface area contributed by atoms with Gasteiger partial charge in [-0.15, -0.1) is 10.2 Å². The minimum Gasteiger partial charge on any atom is -0.507 e. The van der Waals surface area contributed by atoms with E-state index in [2.05, 4.69) is 10.2 Å². The topological polar surface area (TPSA) is 180 Å². The SMILES string of the molecule is Nc1c(N=Nc2ccccc2S(=O)(=O)O)cc(S(=O)(=O)O)c2cccc(O)c12. The lowest BCUT2D eigenvalue weighted by Gasteiger charge is -2.10. The zero-order chi connectivity index (χ0) is 20.7. The summed E-state index contributed by atoms with van der Waals surface area (Å²) in [6, 6.07) is 10.1. The number of fused-ring (bicyclic) bond motifs is 1. The number of hydrogen-bond acceptors (Lipinski definition) is 8. The highest BCUT2D eigenvalue weighted by Gasteiger charge is 2.21. The smallest absolute Gasteiger partial charge is 0.296 e.